The molecular weight excluding hydrogens is 314 g/mol. The van der Waals surface area contributed by atoms with Gasteiger partial charge in [0.15, 0.2) is 0 Å². The minimum Gasteiger partial charge on any atom is -0.398 e. The number of anilines is 1. The highest BCUT2D eigenvalue weighted by atomic mass is 16.1. The molecule has 0 radical (unpaired) electrons. The number of aromatic amines is 2. The quantitative estimate of drug-likeness (QED) is 0.681. The number of pyridine rings is 1. The number of nitrogen functional groups attached to an aromatic ring is 1. The summed E-state index contributed by atoms with van der Waals surface area (Å²) in [6, 6.07) is 10.2. The lowest BCUT2D eigenvalue weighted by molar-refractivity contribution is 0.148. The number of likely N-dealkylation sites (N-methyl/N-ethyl adjacent to an activating group) is 1. The average molecular weight is 337 g/mol. The third-order valence-corrected chi connectivity index (χ3v) is 4.90. The summed E-state index contributed by atoms with van der Waals surface area (Å²) in [6.07, 6.45) is 1.52. The van der Waals surface area contributed by atoms with Crippen molar-refractivity contribution in [3.8, 4) is 11.3 Å². The lowest BCUT2D eigenvalue weighted by Crippen LogP contribution is -2.43. The van der Waals surface area contributed by atoms with E-state index in [1.165, 1.54) is 11.8 Å². The number of rotatable bonds is 3. The standard InChI is InChI=1S/C19H23N5O/c1-23-4-6-24(7-5-23)12-13-2-3-17-14(8-13)9-18(22-17)16-10-15(20)11-21-19(16)25/h2-3,8-11,22H,4-7,12,20H2,1H3,(H,21,25). The van der Waals surface area contributed by atoms with Crippen LogP contribution in [0.1, 0.15) is 5.56 Å². The van der Waals surface area contributed by atoms with Crippen molar-refractivity contribution in [1.29, 1.82) is 0 Å². The SMILES string of the molecule is CN1CCN(Cc2ccc3[nH]c(-c4cc(N)c[nH]c4=O)cc3c2)CC1. The predicted molar refractivity (Wildman–Crippen MR) is 102 cm³/mol. The number of fused-ring (bicyclic) bond motifs is 1. The largest absolute Gasteiger partial charge is 0.398 e. The molecule has 130 valence electrons. The molecule has 25 heavy (non-hydrogen) atoms. The Hall–Kier alpha value is -2.57. The number of aromatic nitrogens is 2. The van der Waals surface area contributed by atoms with Gasteiger partial charge in [0.05, 0.1) is 11.3 Å². The van der Waals surface area contributed by atoms with E-state index in [1.807, 2.05) is 6.07 Å². The molecule has 6 heteroatoms. The fourth-order valence-electron chi connectivity index (χ4n) is 3.39. The van der Waals surface area contributed by atoms with Gasteiger partial charge in [0, 0.05) is 55.5 Å². The first-order valence-electron chi connectivity index (χ1n) is 8.59. The molecule has 0 bridgehead atoms. The fourth-order valence-corrected chi connectivity index (χ4v) is 3.39. The van der Waals surface area contributed by atoms with Crippen molar-refractivity contribution < 1.29 is 0 Å². The maximum absolute atomic E-state index is 12.1. The third-order valence-electron chi connectivity index (χ3n) is 4.90. The van der Waals surface area contributed by atoms with E-state index in [0.29, 0.717) is 11.3 Å². The van der Waals surface area contributed by atoms with Crippen molar-refractivity contribution in [2.75, 3.05) is 39.0 Å². The lowest BCUT2D eigenvalue weighted by Gasteiger charge is -2.32. The molecule has 0 atom stereocenters. The zero-order valence-electron chi connectivity index (χ0n) is 14.4. The molecule has 2 aromatic heterocycles. The minimum atomic E-state index is -0.140. The summed E-state index contributed by atoms with van der Waals surface area (Å²) >= 11 is 0. The van der Waals surface area contributed by atoms with Gasteiger partial charge >= 0.3 is 0 Å². The average Bonchev–Trinajstić information content (AvgIpc) is 3.02. The molecule has 4 N–H and O–H groups in total. The summed E-state index contributed by atoms with van der Waals surface area (Å²) < 4.78 is 0. The van der Waals surface area contributed by atoms with Crippen LogP contribution in [0.4, 0.5) is 5.69 Å². The summed E-state index contributed by atoms with van der Waals surface area (Å²) in [5.74, 6) is 0. The van der Waals surface area contributed by atoms with Gasteiger partial charge in [-0.3, -0.25) is 9.69 Å². The van der Waals surface area contributed by atoms with Crippen LogP contribution in [0.3, 0.4) is 0 Å². The molecule has 1 saturated heterocycles. The molecule has 1 fully saturated rings. The zero-order chi connectivity index (χ0) is 17.4. The molecule has 4 rings (SSSR count). The summed E-state index contributed by atoms with van der Waals surface area (Å²) in [5, 5.41) is 1.11. The van der Waals surface area contributed by atoms with Crippen molar-refractivity contribution in [2.45, 2.75) is 6.54 Å². The zero-order valence-corrected chi connectivity index (χ0v) is 14.4. The van der Waals surface area contributed by atoms with Gasteiger partial charge in [-0.1, -0.05) is 6.07 Å². The van der Waals surface area contributed by atoms with Crippen LogP contribution in [0.5, 0.6) is 0 Å². The Balaban J connectivity index is 1.61. The van der Waals surface area contributed by atoms with Crippen LogP contribution < -0.4 is 11.3 Å². The number of nitrogens with one attached hydrogen (secondary N) is 2. The first-order valence-corrected chi connectivity index (χ1v) is 8.59. The molecule has 1 aliphatic rings. The predicted octanol–water partition coefficient (Wildman–Crippen LogP) is 1.85. The second kappa shape index (κ2) is 6.38. The molecule has 0 saturated carbocycles. The van der Waals surface area contributed by atoms with E-state index in [4.69, 9.17) is 5.73 Å². The molecule has 3 aromatic rings. The molecule has 3 heterocycles. The van der Waals surface area contributed by atoms with Gasteiger partial charge in [-0.25, -0.2) is 0 Å². The minimum absolute atomic E-state index is 0.140. The van der Waals surface area contributed by atoms with E-state index in [2.05, 4.69) is 45.0 Å². The fraction of sp³-hybridized carbons (Fsp3) is 0.316. The number of nitrogens with two attached hydrogens (primary N) is 1. The van der Waals surface area contributed by atoms with Crippen LogP contribution in [-0.2, 0) is 6.54 Å². The van der Waals surface area contributed by atoms with Crippen LogP contribution >= 0.6 is 0 Å². The number of hydrogen-bond acceptors (Lipinski definition) is 4. The second-order valence-corrected chi connectivity index (χ2v) is 6.86. The van der Waals surface area contributed by atoms with Crippen LogP contribution in [0, 0.1) is 0 Å². The molecule has 0 amide bonds. The van der Waals surface area contributed by atoms with Crippen molar-refractivity contribution in [2.24, 2.45) is 0 Å². The highest BCUT2D eigenvalue weighted by Crippen LogP contribution is 2.24. The van der Waals surface area contributed by atoms with Gasteiger partial charge in [0.2, 0.25) is 0 Å². The topological polar surface area (TPSA) is 81.2 Å². The van der Waals surface area contributed by atoms with Gasteiger partial charge in [-0.2, -0.15) is 0 Å². The smallest absolute Gasteiger partial charge is 0.257 e. The molecule has 0 unspecified atom stereocenters. The number of hydrogen-bond donors (Lipinski definition) is 3. The van der Waals surface area contributed by atoms with E-state index in [1.54, 1.807) is 6.07 Å². The second-order valence-electron chi connectivity index (χ2n) is 6.86. The Bertz CT molecular complexity index is 950. The Kier molecular flexibility index (Phi) is 4.07. The Morgan fingerprint density at radius 3 is 2.72 bits per heavy atom. The Morgan fingerprint density at radius 2 is 1.92 bits per heavy atom. The van der Waals surface area contributed by atoms with Crippen molar-refractivity contribution in [1.82, 2.24) is 19.8 Å². The maximum atomic E-state index is 12.1. The molecule has 6 nitrogen and oxygen atoms in total. The van der Waals surface area contributed by atoms with E-state index in [9.17, 15) is 4.79 Å². The van der Waals surface area contributed by atoms with E-state index in [0.717, 1.165) is 49.3 Å². The molecular formula is C19H23N5O. The van der Waals surface area contributed by atoms with Gasteiger partial charge in [0.1, 0.15) is 0 Å². The summed E-state index contributed by atoms with van der Waals surface area (Å²) in [5.41, 5.74) is 9.89. The van der Waals surface area contributed by atoms with Crippen molar-refractivity contribution in [3.63, 3.8) is 0 Å². The number of H-pyrrole nitrogens is 2. The molecule has 0 spiro atoms. The van der Waals surface area contributed by atoms with Crippen molar-refractivity contribution >= 4 is 16.6 Å². The highest BCUT2D eigenvalue weighted by Gasteiger charge is 2.14. The van der Waals surface area contributed by atoms with Crippen molar-refractivity contribution in [3.05, 3.63) is 52.4 Å². The monoisotopic (exact) mass is 337 g/mol. The number of piperazine rings is 1. The van der Waals surface area contributed by atoms with Gasteiger partial charge in [-0.15, -0.1) is 0 Å². The van der Waals surface area contributed by atoms with E-state index >= 15 is 0 Å². The summed E-state index contributed by atoms with van der Waals surface area (Å²) in [7, 11) is 2.17. The van der Waals surface area contributed by atoms with Crippen LogP contribution in [0.15, 0.2) is 41.3 Å². The van der Waals surface area contributed by atoms with Crippen LogP contribution in [-0.4, -0.2) is 53.0 Å². The molecule has 0 aliphatic carbocycles. The van der Waals surface area contributed by atoms with Crippen LogP contribution in [0.25, 0.3) is 22.2 Å². The Morgan fingerprint density at radius 1 is 1.12 bits per heavy atom. The van der Waals surface area contributed by atoms with E-state index < -0.39 is 0 Å². The normalized spacial score (nSPS) is 16.5. The van der Waals surface area contributed by atoms with Gasteiger partial charge < -0.3 is 20.6 Å². The van der Waals surface area contributed by atoms with Crippen LogP contribution in [0.2, 0.25) is 0 Å². The van der Waals surface area contributed by atoms with E-state index in [-0.39, 0.29) is 5.56 Å². The first-order chi connectivity index (χ1) is 12.1. The molecule has 1 aromatic carbocycles. The molecule has 1 aliphatic heterocycles. The third kappa shape index (κ3) is 3.31. The maximum Gasteiger partial charge on any atom is 0.257 e. The van der Waals surface area contributed by atoms with Gasteiger partial charge in [0.25, 0.3) is 5.56 Å². The number of nitrogens with zero attached hydrogens (tertiary/aromatic N) is 2. The van der Waals surface area contributed by atoms with Gasteiger partial charge in [-0.05, 0) is 36.9 Å². The summed E-state index contributed by atoms with van der Waals surface area (Å²) in [6.45, 7) is 5.41. The highest BCUT2D eigenvalue weighted by molar-refractivity contribution is 5.86. The lowest BCUT2D eigenvalue weighted by atomic mass is 10.1. The number of benzene rings is 1. The first kappa shape index (κ1) is 15.9. The summed E-state index contributed by atoms with van der Waals surface area (Å²) in [4.78, 5) is 22.9. The Labute approximate surface area is 146 Å².